The van der Waals surface area contributed by atoms with Gasteiger partial charge in [-0.1, -0.05) is 140 Å². The Balaban J connectivity index is 1.15. The van der Waals surface area contributed by atoms with Gasteiger partial charge in [0.15, 0.2) is 0 Å². The van der Waals surface area contributed by atoms with Crippen molar-refractivity contribution in [2.75, 3.05) is 4.90 Å². The Labute approximate surface area is 300 Å². The minimum absolute atomic E-state index is 0.874. The van der Waals surface area contributed by atoms with Crippen LogP contribution in [-0.4, -0.2) is 0 Å². The fourth-order valence-corrected chi connectivity index (χ4v) is 8.36. The van der Waals surface area contributed by atoms with Crippen molar-refractivity contribution in [1.29, 1.82) is 0 Å². The number of rotatable bonds is 4. The quantitative estimate of drug-likeness (QED) is 0.175. The van der Waals surface area contributed by atoms with Crippen molar-refractivity contribution >= 4 is 92.9 Å². The number of fused-ring (bicyclic) bond motifs is 11. The van der Waals surface area contributed by atoms with Gasteiger partial charge in [0.1, 0.15) is 11.2 Å². The lowest BCUT2D eigenvalue weighted by Gasteiger charge is -2.27. The van der Waals surface area contributed by atoms with E-state index in [1.165, 1.54) is 59.6 Å². The summed E-state index contributed by atoms with van der Waals surface area (Å²) in [4.78, 5) is 2.40. The summed E-state index contributed by atoms with van der Waals surface area (Å²) in [6, 6.07) is 68.1. The van der Waals surface area contributed by atoms with E-state index >= 15 is 0 Å². The molecule has 0 aliphatic carbocycles. The third kappa shape index (κ3) is 4.38. The molecule has 10 aromatic carbocycles. The number of benzene rings is 10. The molecule has 0 saturated heterocycles. The number of hydrogen-bond donors (Lipinski definition) is 0. The molecule has 1 aromatic heterocycles. The lowest BCUT2D eigenvalue weighted by Crippen LogP contribution is -2.10. The minimum atomic E-state index is 0.874. The molecule has 1 heterocycles. The van der Waals surface area contributed by atoms with Crippen molar-refractivity contribution in [3.63, 3.8) is 0 Å². The third-order valence-electron chi connectivity index (χ3n) is 10.8. The van der Waals surface area contributed by atoms with Crippen LogP contribution >= 0.6 is 0 Å². The lowest BCUT2D eigenvalue weighted by atomic mass is 9.93. The highest BCUT2D eigenvalue weighted by Crippen LogP contribution is 2.46. The van der Waals surface area contributed by atoms with E-state index in [9.17, 15) is 0 Å². The summed E-state index contributed by atoms with van der Waals surface area (Å²) in [6.07, 6.45) is 0. The Hall–Kier alpha value is -6.90. The molecule has 0 amide bonds. The molecule has 0 aliphatic heterocycles. The molecule has 2 nitrogen and oxygen atoms in total. The summed E-state index contributed by atoms with van der Waals surface area (Å²) in [7, 11) is 0. The maximum Gasteiger partial charge on any atom is 0.143 e. The van der Waals surface area contributed by atoms with Crippen LogP contribution in [0.25, 0.3) is 86.9 Å². The van der Waals surface area contributed by atoms with Gasteiger partial charge in [-0.15, -0.1) is 0 Å². The number of hydrogen-bond acceptors (Lipinski definition) is 2. The molecule has 2 heteroatoms. The SMILES string of the molecule is c1ccc2c(c1)ccc1ccc(N(c3ccc(-c4cc5ccccc5c5ccccc45)cc3)c3cccc4oc5c6ccccc6ccc5c34)cc12. The van der Waals surface area contributed by atoms with Gasteiger partial charge in [0, 0.05) is 22.1 Å². The molecular formula is C50H31NO. The Morgan fingerprint density at radius 2 is 0.923 bits per heavy atom. The van der Waals surface area contributed by atoms with E-state index in [1.807, 2.05) is 0 Å². The van der Waals surface area contributed by atoms with Gasteiger partial charge < -0.3 is 9.32 Å². The summed E-state index contributed by atoms with van der Waals surface area (Å²) < 4.78 is 6.68. The second kappa shape index (κ2) is 11.3. The summed E-state index contributed by atoms with van der Waals surface area (Å²) >= 11 is 0. The van der Waals surface area contributed by atoms with E-state index in [0.717, 1.165) is 44.4 Å². The maximum absolute atomic E-state index is 6.68. The minimum Gasteiger partial charge on any atom is -0.455 e. The van der Waals surface area contributed by atoms with Crippen LogP contribution < -0.4 is 4.90 Å². The summed E-state index contributed by atoms with van der Waals surface area (Å²) in [6.45, 7) is 0. The largest absolute Gasteiger partial charge is 0.455 e. The first-order valence-corrected chi connectivity index (χ1v) is 17.8. The second-order valence-corrected chi connectivity index (χ2v) is 13.7. The molecule has 0 aliphatic rings. The van der Waals surface area contributed by atoms with Crippen LogP contribution in [-0.2, 0) is 0 Å². The van der Waals surface area contributed by atoms with Crippen molar-refractivity contribution in [3.8, 4) is 11.1 Å². The van der Waals surface area contributed by atoms with Crippen LogP contribution in [0.1, 0.15) is 0 Å². The fraction of sp³-hybridized carbons (Fsp3) is 0. The predicted octanol–water partition coefficient (Wildman–Crippen LogP) is 14.5. The summed E-state index contributed by atoms with van der Waals surface area (Å²) in [5.41, 5.74) is 7.47. The topological polar surface area (TPSA) is 16.4 Å². The molecule has 0 atom stereocenters. The van der Waals surface area contributed by atoms with E-state index in [4.69, 9.17) is 4.42 Å². The van der Waals surface area contributed by atoms with Crippen LogP contribution in [0.5, 0.6) is 0 Å². The van der Waals surface area contributed by atoms with Gasteiger partial charge in [-0.05, 0) is 108 Å². The normalized spacial score (nSPS) is 11.8. The zero-order chi connectivity index (χ0) is 34.2. The molecule has 11 rings (SSSR count). The summed E-state index contributed by atoms with van der Waals surface area (Å²) in [5.74, 6) is 0. The van der Waals surface area contributed by atoms with E-state index < -0.39 is 0 Å². The van der Waals surface area contributed by atoms with Crippen molar-refractivity contribution in [2.24, 2.45) is 0 Å². The Bertz CT molecular complexity index is 3190. The molecule has 242 valence electrons. The van der Waals surface area contributed by atoms with Crippen LogP contribution in [0, 0.1) is 0 Å². The molecule has 0 saturated carbocycles. The number of anilines is 3. The van der Waals surface area contributed by atoms with Gasteiger partial charge in [0.2, 0.25) is 0 Å². The molecule has 0 fully saturated rings. The van der Waals surface area contributed by atoms with Crippen LogP contribution in [0.4, 0.5) is 17.1 Å². The Morgan fingerprint density at radius 3 is 1.71 bits per heavy atom. The summed E-state index contributed by atoms with van der Waals surface area (Å²) in [5, 5.41) is 14.5. The smallest absolute Gasteiger partial charge is 0.143 e. The van der Waals surface area contributed by atoms with Gasteiger partial charge in [-0.25, -0.2) is 0 Å². The standard InChI is InChI=1S/C50H31NO/c1-4-13-39-32(10-1)20-21-34-24-28-38(31-46(34)39)51(47-18-9-19-48-49(47)44-29-25-33-11-2-6-15-41(33)50(44)52-48)37-26-22-35(23-27-37)45-30-36-12-3-5-14-40(36)42-16-7-8-17-43(42)45/h1-31H. The van der Waals surface area contributed by atoms with E-state index in [0.29, 0.717) is 0 Å². The number of nitrogens with zero attached hydrogens (tertiary/aromatic N) is 1. The zero-order valence-electron chi connectivity index (χ0n) is 28.3. The molecule has 11 aromatic rings. The molecule has 0 radical (unpaired) electrons. The van der Waals surface area contributed by atoms with Gasteiger partial charge in [-0.3, -0.25) is 0 Å². The van der Waals surface area contributed by atoms with Crippen molar-refractivity contribution in [3.05, 3.63) is 188 Å². The van der Waals surface area contributed by atoms with E-state index in [-0.39, 0.29) is 0 Å². The average Bonchev–Trinajstić information content (AvgIpc) is 3.61. The van der Waals surface area contributed by atoms with Gasteiger partial charge >= 0.3 is 0 Å². The highest BCUT2D eigenvalue weighted by atomic mass is 16.3. The highest BCUT2D eigenvalue weighted by molar-refractivity contribution is 6.20. The number of furan rings is 1. The first-order chi connectivity index (χ1) is 25.8. The van der Waals surface area contributed by atoms with Gasteiger partial charge in [-0.2, -0.15) is 0 Å². The zero-order valence-corrected chi connectivity index (χ0v) is 28.3. The average molecular weight is 662 g/mol. The molecule has 52 heavy (non-hydrogen) atoms. The third-order valence-corrected chi connectivity index (χ3v) is 10.8. The van der Waals surface area contributed by atoms with Crippen molar-refractivity contribution in [1.82, 2.24) is 0 Å². The molecule has 0 spiro atoms. The maximum atomic E-state index is 6.68. The highest BCUT2D eigenvalue weighted by Gasteiger charge is 2.21. The van der Waals surface area contributed by atoms with E-state index in [2.05, 4.69) is 193 Å². The first-order valence-electron chi connectivity index (χ1n) is 17.8. The monoisotopic (exact) mass is 661 g/mol. The van der Waals surface area contributed by atoms with E-state index in [1.54, 1.807) is 0 Å². The van der Waals surface area contributed by atoms with Crippen LogP contribution in [0.3, 0.4) is 0 Å². The van der Waals surface area contributed by atoms with Crippen LogP contribution in [0.2, 0.25) is 0 Å². The molecule has 0 N–H and O–H groups in total. The molecule has 0 unspecified atom stereocenters. The van der Waals surface area contributed by atoms with Crippen LogP contribution in [0.15, 0.2) is 192 Å². The van der Waals surface area contributed by atoms with Gasteiger partial charge in [0.05, 0.1) is 11.1 Å². The molecular weight excluding hydrogens is 631 g/mol. The van der Waals surface area contributed by atoms with Crippen molar-refractivity contribution in [2.45, 2.75) is 0 Å². The first kappa shape index (κ1) is 28.9. The lowest BCUT2D eigenvalue weighted by molar-refractivity contribution is 0.672. The Kier molecular flexibility index (Phi) is 6.28. The molecule has 0 bridgehead atoms. The second-order valence-electron chi connectivity index (χ2n) is 13.7. The predicted molar refractivity (Wildman–Crippen MR) is 221 cm³/mol. The fourth-order valence-electron chi connectivity index (χ4n) is 8.36. The van der Waals surface area contributed by atoms with Crippen molar-refractivity contribution < 1.29 is 4.42 Å². The van der Waals surface area contributed by atoms with Gasteiger partial charge in [0.25, 0.3) is 0 Å². The Morgan fingerprint density at radius 1 is 0.346 bits per heavy atom.